The third kappa shape index (κ3) is 5.86. The van der Waals surface area contributed by atoms with E-state index in [1.807, 2.05) is 17.4 Å². The lowest BCUT2D eigenvalue weighted by molar-refractivity contribution is 1.08. The van der Waals surface area contributed by atoms with E-state index in [4.69, 9.17) is 15.0 Å². The normalized spacial score (nSPS) is 11.5. The Bertz CT molecular complexity index is 3280. The number of thiophene rings is 1. The smallest absolute Gasteiger partial charge is 0.164 e. The fourth-order valence-corrected chi connectivity index (χ4v) is 9.28. The first kappa shape index (κ1) is 33.1. The SMILES string of the molecule is c1ccc(-c2ccc(-c3nc(-c4ccc(-c5ccccc5)c5ccccc45)nc(-c4ccc(-c5ccc6sc7ccccc7c6c5)c5ccccc45)n3)cc2)cc1. The number of nitrogens with zero attached hydrogens (tertiary/aromatic N) is 3. The average Bonchev–Trinajstić information content (AvgIpc) is 3.67. The van der Waals surface area contributed by atoms with Crippen LogP contribution >= 0.6 is 11.3 Å². The molecular weight excluding hydrogens is 711 g/mol. The van der Waals surface area contributed by atoms with Crippen LogP contribution in [0.4, 0.5) is 0 Å². The molecule has 0 atom stereocenters. The van der Waals surface area contributed by atoms with Gasteiger partial charge in [0.15, 0.2) is 17.5 Å². The number of fused-ring (bicyclic) bond motifs is 5. The summed E-state index contributed by atoms with van der Waals surface area (Å²) in [4.78, 5) is 15.8. The summed E-state index contributed by atoms with van der Waals surface area (Å²) in [5.74, 6) is 1.91. The maximum Gasteiger partial charge on any atom is 0.164 e. The number of aromatic nitrogens is 3. The van der Waals surface area contributed by atoms with Crippen LogP contribution in [0.1, 0.15) is 0 Å². The average molecular weight is 744 g/mol. The van der Waals surface area contributed by atoms with Gasteiger partial charge in [0.2, 0.25) is 0 Å². The molecule has 0 radical (unpaired) electrons. The van der Waals surface area contributed by atoms with E-state index in [9.17, 15) is 0 Å². The van der Waals surface area contributed by atoms with E-state index in [1.165, 1.54) is 48.0 Å². The second-order valence-corrected chi connectivity index (χ2v) is 15.4. The molecule has 2 aromatic heterocycles. The van der Waals surface area contributed by atoms with Gasteiger partial charge in [-0.05, 0) is 85.3 Å². The summed E-state index contributed by atoms with van der Waals surface area (Å²) in [5, 5.41) is 7.09. The Morgan fingerprint density at radius 3 is 1.26 bits per heavy atom. The Hall–Kier alpha value is -7.27. The van der Waals surface area contributed by atoms with E-state index in [0.717, 1.165) is 43.8 Å². The van der Waals surface area contributed by atoms with Crippen LogP contribution in [-0.4, -0.2) is 15.0 Å². The molecule has 0 saturated heterocycles. The molecule has 0 spiro atoms. The fraction of sp³-hybridized carbons (Fsp3) is 0. The zero-order valence-electron chi connectivity index (χ0n) is 30.8. The molecule has 9 aromatic carbocycles. The zero-order chi connectivity index (χ0) is 37.7. The summed E-state index contributed by atoms with van der Waals surface area (Å²) in [7, 11) is 0. The van der Waals surface area contributed by atoms with Crippen molar-refractivity contribution in [1.82, 2.24) is 15.0 Å². The molecule has 0 aliphatic heterocycles. The maximum absolute atomic E-state index is 5.32. The highest BCUT2D eigenvalue weighted by Gasteiger charge is 2.19. The molecule has 266 valence electrons. The van der Waals surface area contributed by atoms with E-state index in [-0.39, 0.29) is 0 Å². The minimum Gasteiger partial charge on any atom is -0.208 e. The number of rotatable bonds is 6. The summed E-state index contributed by atoms with van der Waals surface area (Å²) in [6, 6.07) is 71.0. The summed E-state index contributed by atoms with van der Waals surface area (Å²) in [6.45, 7) is 0. The molecule has 0 bridgehead atoms. The molecule has 0 fully saturated rings. The topological polar surface area (TPSA) is 38.7 Å². The van der Waals surface area contributed by atoms with Crippen molar-refractivity contribution in [1.29, 1.82) is 0 Å². The van der Waals surface area contributed by atoms with Gasteiger partial charge in [-0.3, -0.25) is 0 Å². The number of benzene rings is 9. The summed E-state index contributed by atoms with van der Waals surface area (Å²) >= 11 is 1.84. The maximum atomic E-state index is 5.32. The van der Waals surface area contributed by atoms with E-state index in [1.54, 1.807) is 0 Å². The van der Waals surface area contributed by atoms with Gasteiger partial charge in [0.1, 0.15) is 0 Å². The van der Waals surface area contributed by atoms with Crippen LogP contribution in [0.15, 0.2) is 200 Å². The lowest BCUT2D eigenvalue weighted by atomic mass is 9.93. The first-order chi connectivity index (χ1) is 28.2. The van der Waals surface area contributed by atoms with Crippen LogP contribution in [0.25, 0.3) is 109 Å². The minimum absolute atomic E-state index is 0.633. The van der Waals surface area contributed by atoms with Crippen molar-refractivity contribution in [3.05, 3.63) is 200 Å². The van der Waals surface area contributed by atoms with Crippen LogP contribution in [0.2, 0.25) is 0 Å². The Labute approximate surface area is 334 Å². The van der Waals surface area contributed by atoms with Crippen LogP contribution in [0.3, 0.4) is 0 Å². The van der Waals surface area contributed by atoms with Gasteiger partial charge in [0, 0.05) is 36.9 Å². The van der Waals surface area contributed by atoms with Crippen LogP contribution in [0.5, 0.6) is 0 Å². The highest BCUT2D eigenvalue weighted by atomic mass is 32.1. The first-order valence-electron chi connectivity index (χ1n) is 19.2. The van der Waals surface area contributed by atoms with Gasteiger partial charge in [0.25, 0.3) is 0 Å². The molecular formula is C53H33N3S. The van der Waals surface area contributed by atoms with Gasteiger partial charge >= 0.3 is 0 Å². The molecule has 11 aromatic rings. The molecule has 2 heterocycles. The molecule has 3 nitrogen and oxygen atoms in total. The quantitative estimate of drug-likeness (QED) is 0.170. The van der Waals surface area contributed by atoms with Gasteiger partial charge in [-0.25, -0.2) is 15.0 Å². The molecule has 0 N–H and O–H groups in total. The van der Waals surface area contributed by atoms with Crippen molar-refractivity contribution in [3.63, 3.8) is 0 Å². The molecule has 4 heteroatoms. The van der Waals surface area contributed by atoms with Gasteiger partial charge in [-0.15, -0.1) is 11.3 Å². The molecule has 0 aliphatic carbocycles. The van der Waals surface area contributed by atoms with Crippen molar-refractivity contribution >= 4 is 53.1 Å². The van der Waals surface area contributed by atoms with Crippen molar-refractivity contribution in [2.24, 2.45) is 0 Å². The van der Waals surface area contributed by atoms with Crippen molar-refractivity contribution in [3.8, 4) is 67.5 Å². The summed E-state index contributed by atoms with van der Waals surface area (Å²) < 4.78 is 2.61. The van der Waals surface area contributed by atoms with E-state index < -0.39 is 0 Å². The van der Waals surface area contributed by atoms with Crippen LogP contribution < -0.4 is 0 Å². The second kappa shape index (κ2) is 13.8. The summed E-state index contributed by atoms with van der Waals surface area (Å²) in [6.07, 6.45) is 0. The Morgan fingerprint density at radius 1 is 0.246 bits per heavy atom. The summed E-state index contributed by atoms with van der Waals surface area (Å²) in [5.41, 5.74) is 9.90. The highest BCUT2D eigenvalue weighted by Crippen LogP contribution is 2.41. The molecule has 0 amide bonds. The van der Waals surface area contributed by atoms with Crippen molar-refractivity contribution in [2.45, 2.75) is 0 Å². The van der Waals surface area contributed by atoms with Crippen molar-refractivity contribution in [2.75, 3.05) is 0 Å². The molecule has 0 unspecified atom stereocenters. The van der Waals surface area contributed by atoms with Crippen LogP contribution in [0, 0.1) is 0 Å². The zero-order valence-corrected chi connectivity index (χ0v) is 31.6. The van der Waals surface area contributed by atoms with Gasteiger partial charge in [0.05, 0.1) is 0 Å². The highest BCUT2D eigenvalue weighted by molar-refractivity contribution is 7.25. The second-order valence-electron chi connectivity index (χ2n) is 14.3. The lowest BCUT2D eigenvalue weighted by Crippen LogP contribution is -2.01. The number of hydrogen-bond acceptors (Lipinski definition) is 4. The van der Waals surface area contributed by atoms with Crippen molar-refractivity contribution < 1.29 is 0 Å². The van der Waals surface area contributed by atoms with Gasteiger partial charge in [-0.2, -0.15) is 0 Å². The molecule has 0 aliphatic rings. The molecule has 11 rings (SSSR count). The van der Waals surface area contributed by atoms with Gasteiger partial charge in [-0.1, -0.05) is 170 Å². The Kier molecular flexibility index (Phi) is 8.01. The first-order valence-corrected chi connectivity index (χ1v) is 20.0. The van der Waals surface area contributed by atoms with Gasteiger partial charge < -0.3 is 0 Å². The third-order valence-corrected chi connectivity index (χ3v) is 12.1. The predicted octanol–water partition coefficient (Wildman–Crippen LogP) is 14.5. The van der Waals surface area contributed by atoms with Crippen LogP contribution in [-0.2, 0) is 0 Å². The van der Waals surface area contributed by atoms with E-state index >= 15 is 0 Å². The predicted molar refractivity (Wildman–Crippen MR) is 240 cm³/mol. The standard InChI is InChI=1S/C53H33N3S/c1-3-13-34(14-4-1)35-23-25-37(26-24-35)51-54-52(46-30-28-39(36-15-5-2-6-16-36)41-17-7-9-19-43(41)46)56-53(55-51)47-31-29-40(42-18-8-10-20-44(42)47)38-27-32-50-48(33-38)45-21-11-12-22-49(45)57-50/h1-33H. The largest absolute Gasteiger partial charge is 0.208 e. The minimum atomic E-state index is 0.633. The third-order valence-electron chi connectivity index (χ3n) is 11.0. The number of hydrogen-bond donors (Lipinski definition) is 0. The Morgan fingerprint density at radius 2 is 0.649 bits per heavy atom. The monoisotopic (exact) mass is 743 g/mol. The lowest BCUT2D eigenvalue weighted by Gasteiger charge is -2.15. The van der Waals surface area contributed by atoms with E-state index in [0.29, 0.717) is 17.5 Å². The Balaban J connectivity index is 1.10. The van der Waals surface area contributed by atoms with E-state index in [2.05, 4.69) is 194 Å². The fourth-order valence-electron chi connectivity index (χ4n) is 8.19. The molecule has 57 heavy (non-hydrogen) atoms. The molecule has 0 saturated carbocycles.